The van der Waals surface area contributed by atoms with Crippen LogP contribution in [0.15, 0.2) is 0 Å². The summed E-state index contributed by atoms with van der Waals surface area (Å²) in [7, 11) is 0. The van der Waals surface area contributed by atoms with Crippen LogP contribution in [0.3, 0.4) is 0 Å². The minimum absolute atomic E-state index is 0.00706. The average molecular weight is 332 g/mol. The summed E-state index contributed by atoms with van der Waals surface area (Å²) < 4.78 is 0. The third kappa shape index (κ3) is 16.9. The number of nitrogens with one attached hydrogen (secondary N) is 5. The maximum absolute atomic E-state index is 11.2. The van der Waals surface area contributed by atoms with Crippen LogP contribution < -0.4 is 32.3 Å². The van der Waals surface area contributed by atoms with Crippen molar-refractivity contribution in [3.05, 3.63) is 0 Å². The van der Waals surface area contributed by atoms with Gasteiger partial charge in [-0.2, -0.15) is 0 Å². The lowest BCUT2D eigenvalue weighted by Crippen LogP contribution is -2.46. The van der Waals surface area contributed by atoms with Crippen molar-refractivity contribution >= 4 is 11.9 Å². The van der Waals surface area contributed by atoms with Crippen molar-refractivity contribution in [3.8, 4) is 0 Å². The number of nitrogens with two attached hydrogens (primary N) is 1. The molecular formula is C14H32N6O3. The highest BCUT2D eigenvalue weighted by molar-refractivity contribution is 5.80. The van der Waals surface area contributed by atoms with E-state index in [1.807, 2.05) is 6.92 Å². The highest BCUT2D eigenvalue weighted by Crippen LogP contribution is 1.87. The molecule has 1 unspecified atom stereocenters. The summed E-state index contributed by atoms with van der Waals surface area (Å²) in [6, 6.07) is 0. The van der Waals surface area contributed by atoms with E-state index in [2.05, 4.69) is 26.6 Å². The van der Waals surface area contributed by atoms with E-state index in [0.717, 1.165) is 39.3 Å². The normalized spacial score (nSPS) is 12.1. The van der Waals surface area contributed by atoms with E-state index < -0.39 is 5.97 Å². The summed E-state index contributed by atoms with van der Waals surface area (Å²) >= 11 is 0. The van der Waals surface area contributed by atoms with E-state index in [1.54, 1.807) is 0 Å². The Bertz CT molecular complexity index is 317. The van der Waals surface area contributed by atoms with Crippen molar-refractivity contribution in [1.82, 2.24) is 26.6 Å². The van der Waals surface area contributed by atoms with E-state index in [0.29, 0.717) is 13.1 Å². The highest BCUT2D eigenvalue weighted by Gasteiger charge is 2.03. The zero-order valence-electron chi connectivity index (χ0n) is 14.0. The molecule has 23 heavy (non-hydrogen) atoms. The number of likely N-dealkylation sites (N-methyl/N-ethyl adjacent to an activating group) is 1. The Morgan fingerprint density at radius 1 is 0.957 bits per heavy atom. The number of rotatable bonds is 16. The first-order chi connectivity index (χ1) is 11.1. The lowest BCUT2D eigenvalue weighted by atomic mass is 10.3. The van der Waals surface area contributed by atoms with Crippen molar-refractivity contribution in [3.63, 3.8) is 0 Å². The van der Waals surface area contributed by atoms with Gasteiger partial charge in [0.25, 0.3) is 0 Å². The third-order valence-corrected chi connectivity index (χ3v) is 2.98. The summed E-state index contributed by atoms with van der Waals surface area (Å²) in [5, 5.41) is 24.0. The number of amides is 1. The molecule has 0 aromatic rings. The number of carboxylic acid groups (broad SMARTS) is 1. The molecule has 0 bridgehead atoms. The second kappa shape index (κ2) is 15.6. The van der Waals surface area contributed by atoms with Crippen molar-refractivity contribution in [1.29, 1.82) is 0 Å². The van der Waals surface area contributed by atoms with Crippen LogP contribution in [-0.4, -0.2) is 75.5 Å². The standard InChI is InChI=1S/C14H32N6O3/c1-2-19-12(15)11-18-8-7-16-5-6-17-9-10-20-13(21)3-4-14(22)23/h12,16-19H,2-11,15H2,1H3,(H,20,21)(H,22,23). The number of hydrogen-bond donors (Lipinski definition) is 7. The molecule has 1 atom stereocenters. The van der Waals surface area contributed by atoms with Crippen molar-refractivity contribution in [2.45, 2.75) is 25.9 Å². The summed E-state index contributed by atoms with van der Waals surface area (Å²) in [6.45, 7) is 8.18. The minimum Gasteiger partial charge on any atom is -0.481 e. The third-order valence-electron chi connectivity index (χ3n) is 2.98. The monoisotopic (exact) mass is 332 g/mol. The van der Waals surface area contributed by atoms with Gasteiger partial charge in [-0.05, 0) is 6.54 Å². The van der Waals surface area contributed by atoms with Crippen LogP contribution >= 0.6 is 0 Å². The molecule has 0 aliphatic heterocycles. The number of carbonyl (C=O) groups is 2. The van der Waals surface area contributed by atoms with Gasteiger partial charge in [-0.25, -0.2) is 0 Å². The molecule has 0 spiro atoms. The number of aliphatic carboxylic acids is 1. The fourth-order valence-electron chi connectivity index (χ4n) is 1.79. The topological polar surface area (TPSA) is 141 Å². The maximum Gasteiger partial charge on any atom is 0.303 e. The SMILES string of the molecule is CCNC(N)CNCCNCCNCCNC(=O)CCC(=O)O. The molecule has 0 saturated carbocycles. The lowest BCUT2D eigenvalue weighted by molar-refractivity contribution is -0.138. The van der Waals surface area contributed by atoms with Crippen LogP contribution in [0.4, 0.5) is 0 Å². The van der Waals surface area contributed by atoms with E-state index in [-0.39, 0.29) is 24.9 Å². The van der Waals surface area contributed by atoms with Gasteiger partial charge < -0.3 is 37.4 Å². The average Bonchev–Trinajstić information content (AvgIpc) is 2.50. The smallest absolute Gasteiger partial charge is 0.303 e. The molecule has 0 fully saturated rings. The second-order valence-electron chi connectivity index (χ2n) is 5.11. The molecule has 0 radical (unpaired) electrons. The predicted molar refractivity (Wildman–Crippen MR) is 90.1 cm³/mol. The molecule has 9 nitrogen and oxygen atoms in total. The molecule has 0 heterocycles. The van der Waals surface area contributed by atoms with Gasteiger partial charge in [-0.1, -0.05) is 6.92 Å². The van der Waals surface area contributed by atoms with E-state index in [4.69, 9.17) is 10.8 Å². The fraction of sp³-hybridized carbons (Fsp3) is 0.857. The zero-order chi connectivity index (χ0) is 17.3. The van der Waals surface area contributed by atoms with Crippen LogP contribution in [0.25, 0.3) is 0 Å². The molecule has 136 valence electrons. The Kier molecular flexibility index (Phi) is 14.8. The van der Waals surface area contributed by atoms with Gasteiger partial charge in [0.05, 0.1) is 12.6 Å². The van der Waals surface area contributed by atoms with E-state index in [9.17, 15) is 9.59 Å². The van der Waals surface area contributed by atoms with E-state index in [1.165, 1.54) is 0 Å². The van der Waals surface area contributed by atoms with Gasteiger partial charge in [-0.15, -0.1) is 0 Å². The summed E-state index contributed by atoms with van der Waals surface area (Å²) in [5.74, 6) is -1.18. The number of carbonyl (C=O) groups excluding carboxylic acids is 1. The van der Waals surface area contributed by atoms with Crippen LogP contribution in [0.2, 0.25) is 0 Å². The largest absolute Gasteiger partial charge is 0.481 e. The quantitative estimate of drug-likeness (QED) is 0.123. The van der Waals surface area contributed by atoms with Gasteiger partial charge in [-0.3, -0.25) is 9.59 Å². The summed E-state index contributed by atoms with van der Waals surface area (Å²) in [6.07, 6.45) is -0.106. The first-order valence-electron chi connectivity index (χ1n) is 8.15. The van der Waals surface area contributed by atoms with Gasteiger partial charge >= 0.3 is 5.97 Å². The maximum atomic E-state index is 11.2. The Morgan fingerprint density at radius 2 is 1.52 bits per heavy atom. The Labute approximate surface area is 138 Å². The lowest BCUT2D eigenvalue weighted by Gasteiger charge is -2.13. The van der Waals surface area contributed by atoms with Crippen molar-refractivity contribution in [2.75, 3.05) is 52.4 Å². The molecule has 0 aromatic heterocycles. The second-order valence-corrected chi connectivity index (χ2v) is 5.11. The molecule has 8 N–H and O–H groups in total. The fourth-order valence-corrected chi connectivity index (χ4v) is 1.79. The van der Waals surface area contributed by atoms with Gasteiger partial charge in [0, 0.05) is 52.2 Å². The molecule has 9 heteroatoms. The minimum atomic E-state index is -0.956. The number of carboxylic acids is 1. The van der Waals surface area contributed by atoms with Gasteiger partial charge in [0.2, 0.25) is 5.91 Å². The van der Waals surface area contributed by atoms with Crippen LogP contribution in [-0.2, 0) is 9.59 Å². The van der Waals surface area contributed by atoms with Crippen LogP contribution in [0.1, 0.15) is 19.8 Å². The Balaban J connectivity index is 3.19. The van der Waals surface area contributed by atoms with Crippen LogP contribution in [0, 0.1) is 0 Å². The summed E-state index contributed by atoms with van der Waals surface area (Å²) in [5.41, 5.74) is 5.79. The Morgan fingerprint density at radius 3 is 2.09 bits per heavy atom. The molecule has 0 aliphatic carbocycles. The van der Waals surface area contributed by atoms with Gasteiger partial charge in [0.1, 0.15) is 0 Å². The van der Waals surface area contributed by atoms with Crippen molar-refractivity contribution < 1.29 is 14.7 Å². The summed E-state index contributed by atoms with van der Waals surface area (Å²) in [4.78, 5) is 21.5. The van der Waals surface area contributed by atoms with Crippen LogP contribution in [0.5, 0.6) is 0 Å². The van der Waals surface area contributed by atoms with E-state index >= 15 is 0 Å². The zero-order valence-corrected chi connectivity index (χ0v) is 14.0. The molecule has 1 amide bonds. The van der Waals surface area contributed by atoms with Crippen molar-refractivity contribution in [2.24, 2.45) is 5.73 Å². The first kappa shape index (κ1) is 21.7. The predicted octanol–water partition coefficient (Wildman–Crippen LogP) is -2.37. The molecule has 0 rings (SSSR count). The number of hydrogen-bond acceptors (Lipinski definition) is 7. The molecule has 0 aliphatic rings. The Hall–Kier alpha value is -1.26. The highest BCUT2D eigenvalue weighted by atomic mass is 16.4. The molecule has 0 aromatic carbocycles. The van der Waals surface area contributed by atoms with Gasteiger partial charge in [0.15, 0.2) is 0 Å². The first-order valence-corrected chi connectivity index (χ1v) is 8.15. The molecule has 0 saturated heterocycles. The molecular weight excluding hydrogens is 300 g/mol.